The van der Waals surface area contributed by atoms with E-state index in [1.807, 2.05) is 29.8 Å². The molecule has 12 heavy (non-hydrogen) atoms. The van der Waals surface area contributed by atoms with Crippen molar-refractivity contribution in [3.05, 3.63) is 23.5 Å². The highest BCUT2D eigenvalue weighted by atomic mass is 32.1. The number of fused-ring (bicyclic) bond motifs is 1. The van der Waals surface area contributed by atoms with E-state index in [4.69, 9.17) is 0 Å². The lowest BCUT2D eigenvalue weighted by atomic mass is 10.4. The summed E-state index contributed by atoms with van der Waals surface area (Å²) in [5, 5.41) is 1.30. The van der Waals surface area contributed by atoms with Crippen molar-refractivity contribution in [1.82, 2.24) is 9.97 Å². The molecule has 1 aliphatic rings. The van der Waals surface area contributed by atoms with E-state index in [1.54, 1.807) is 0 Å². The van der Waals surface area contributed by atoms with Gasteiger partial charge in [0.1, 0.15) is 0 Å². The number of thiazole rings is 1. The van der Waals surface area contributed by atoms with Gasteiger partial charge in [-0.15, -0.1) is 11.3 Å². The Labute approximate surface area is 74.3 Å². The van der Waals surface area contributed by atoms with Gasteiger partial charge in [-0.05, 0) is 18.9 Å². The molecule has 3 rings (SSSR count). The van der Waals surface area contributed by atoms with Gasteiger partial charge in [-0.2, -0.15) is 0 Å². The van der Waals surface area contributed by atoms with Crippen LogP contribution in [0.2, 0.25) is 0 Å². The molecule has 0 aliphatic heterocycles. The van der Waals surface area contributed by atoms with Gasteiger partial charge in [-0.1, -0.05) is 0 Å². The van der Waals surface area contributed by atoms with Crippen molar-refractivity contribution < 1.29 is 0 Å². The van der Waals surface area contributed by atoms with Crippen LogP contribution in [0, 0.1) is 0 Å². The molecule has 1 fully saturated rings. The monoisotopic (exact) mass is 176 g/mol. The maximum Gasteiger partial charge on any atom is 0.0998 e. The van der Waals surface area contributed by atoms with Crippen LogP contribution < -0.4 is 0 Å². The lowest BCUT2D eigenvalue weighted by molar-refractivity contribution is 1.09. The molecule has 0 unspecified atom stereocenters. The SMILES string of the molecule is c1cc2sc(C3CC3)nc2cn1. The van der Waals surface area contributed by atoms with E-state index in [-0.39, 0.29) is 0 Å². The van der Waals surface area contributed by atoms with E-state index >= 15 is 0 Å². The van der Waals surface area contributed by atoms with Gasteiger partial charge in [-0.25, -0.2) is 4.98 Å². The van der Waals surface area contributed by atoms with E-state index in [9.17, 15) is 0 Å². The Hall–Kier alpha value is -0.960. The van der Waals surface area contributed by atoms with Crippen LogP contribution in [0.4, 0.5) is 0 Å². The molecule has 2 aromatic rings. The van der Waals surface area contributed by atoms with Gasteiger partial charge < -0.3 is 0 Å². The first-order valence-corrected chi connectivity index (χ1v) is 4.95. The number of hydrogen-bond acceptors (Lipinski definition) is 3. The third kappa shape index (κ3) is 0.932. The Morgan fingerprint density at radius 1 is 1.42 bits per heavy atom. The Morgan fingerprint density at radius 3 is 3.08 bits per heavy atom. The van der Waals surface area contributed by atoms with Crippen molar-refractivity contribution in [2.45, 2.75) is 18.8 Å². The lowest BCUT2D eigenvalue weighted by Gasteiger charge is -1.81. The summed E-state index contributed by atoms with van der Waals surface area (Å²) in [6.07, 6.45) is 6.33. The van der Waals surface area contributed by atoms with Gasteiger partial charge in [0.25, 0.3) is 0 Å². The highest BCUT2D eigenvalue weighted by molar-refractivity contribution is 7.18. The van der Waals surface area contributed by atoms with E-state index in [0.717, 1.165) is 11.4 Å². The molecule has 0 N–H and O–H groups in total. The summed E-state index contributed by atoms with van der Waals surface area (Å²) in [5.74, 6) is 0.766. The van der Waals surface area contributed by atoms with E-state index in [1.165, 1.54) is 22.5 Å². The van der Waals surface area contributed by atoms with Crippen LogP contribution in [0.1, 0.15) is 23.8 Å². The average molecular weight is 176 g/mol. The minimum atomic E-state index is 0.766. The summed E-state index contributed by atoms with van der Waals surface area (Å²) < 4.78 is 1.27. The molecule has 0 spiro atoms. The second-order valence-corrected chi connectivity index (χ2v) is 4.23. The van der Waals surface area contributed by atoms with Crippen LogP contribution in [0.15, 0.2) is 18.5 Å². The molecule has 1 aliphatic carbocycles. The van der Waals surface area contributed by atoms with E-state index in [0.29, 0.717) is 0 Å². The van der Waals surface area contributed by atoms with Crippen LogP contribution >= 0.6 is 11.3 Å². The van der Waals surface area contributed by atoms with E-state index < -0.39 is 0 Å². The van der Waals surface area contributed by atoms with Gasteiger partial charge in [0, 0.05) is 12.1 Å². The van der Waals surface area contributed by atoms with Crippen molar-refractivity contribution >= 4 is 21.6 Å². The fourth-order valence-corrected chi connectivity index (χ4v) is 2.41. The predicted molar refractivity (Wildman–Crippen MR) is 49.4 cm³/mol. The van der Waals surface area contributed by atoms with Gasteiger partial charge >= 0.3 is 0 Å². The molecule has 0 bridgehead atoms. The van der Waals surface area contributed by atoms with Gasteiger partial charge in [0.2, 0.25) is 0 Å². The van der Waals surface area contributed by atoms with Crippen molar-refractivity contribution in [3.8, 4) is 0 Å². The van der Waals surface area contributed by atoms with Crippen LogP contribution in [0.5, 0.6) is 0 Å². The van der Waals surface area contributed by atoms with Gasteiger partial charge in [0.15, 0.2) is 0 Å². The first-order chi connectivity index (χ1) is 5.93. The number of nitrogens with zero attached hydrogens (tertiary/aromatic N) is 2. The molecule has 3 heteroatoms. The highest BCUT2D eigenvalue weighted by Gasteiger charge is 2.26. The number of pyridine rings is 1. The third-order valence-electron chi connectivity index (χ3n) is 2.13. The van der Waals surface area contributed by atoms with E-state index in [2.05, 4.69) is 9.97 Å². The maximum atomic E-state index is 4.53. The molecular weight excluding hydrogens is 168 g/mol. The summed E-state index contributed by atoms with van der Waals surface area (Å²) in [6.45, 7) is 0. The molecule has 0 atom stereocenters. The van der Waals surface area contributed by atoms with Crippen molar-refractivity contribution in [2.24, 2.45) is 0 Å². The predicted octanol–water partition coefficient (Wildman–Crippen LogP) is 2.57. The second-order valence-electron chi connectivity index (χ2n) is 3.17. The normalized spacial score (nSPS) is 17.0. The Morgan fingerprint density at radius 2 is 2.33 bits per heavy atom. The minimum Gasteiger partial charge on any atom is -0.262 e. The van der Waals surface area contributed by atoms with Gasteiger partial charge in [-0.3, -0.25) is 4.98 Å². The zero-order valence-corrected chi connectivity index (χ0v) is 7.34. The number of rotatable bonds is 1. The standard InChI is InChI=1S/C9H8N2S/c1-2-6(1)9-11-7-5-10-4-3-8(7)12-9/h3-6H,1-2H2. The van der Waals surface area contributed by atoms with Crippen LogP contribution in [-0.4, -0.2) is 9.97 Å². The molecule has 0 amide bonds. The zero-order valence-electron chi connectivity index (χ0n) is 6.53. The summed E-state index contributed by atoms with van der Waals surface area (Å²) in [6, 6.07) is 2.04. The molecule has 0 aromatic carbocycles. The van der Waals surface area contributed by atoms with Crippen molar-refractivity contribution in [1.29, 1.82) is 0 Å². The zero-order chi connectivity index (χ0) is 7.97. The smallest absolute Gasteiger partial charge is 0.0998 e. The largest absolute Gasteiger partial charge is 0.262 e. The fourth-order valence-electron chi connectivity index (χ4n) is 1.30. The first kappa shape index (κ1) is 6.54. The lowest BCUT2D eigenvalue weighted by Crippen LogP contribution is -1.74. The quantitative estimate of drug-likeness (QED) is 0.667. The van der Waals surface area contributed by atoms with Crippen LogP contribution in [-0.2, 0) is 0 Å². The topological polar surface area (TPSA) is 25.8 Å². The number of hydrogen-bond donors (Lipinski definition) is 0. The molecule has 60 valence electrons. The maximum absolute atomic E-state index is 4.53. The van der Waals surface area contributed by atoms with Crippen LogP contribution in [0.25, 0.3) is 10.2 Å². The highest BCUT2D eigenvalue weighted by Crippen LogP contribution is 2.42. The molecule has 2 nitrogen and oxygen atoms in total. The average Bonchev–Trinajstić information content (AvgIpc) is 2.85. The summed E-state index contributed by atoms with van der Waals surface area (Å²) in [4.78, 5) is 8.58. The summed E-state index contributed by atoms with van der Waals surface area (Å²) in [7, 11) is 0. The Balaban J connectivity index is 2.23. The third-order valence-corrected chi connectivity index (χ3v) is 3.33. The molecule has 2 aromatic heterocycles. The summed E-state index contributed by atoms with van der Waals surface area (Å²) in [5.41, 5.74) is 1.06. The van der Waals surface area contributed by atoms with Crippen molar-refractivity contribution in [3.63, 3.8) is 0 Å². The molecular formula is C9H8N2S. The molecule has 0 radical (unpaired) electrons. The molecule has 1 saturated carbocycles. The molecule has 0 saturated heterocycles. The minimum absolute atomic E-state index is 0.766. The Kier molecular flexibility index (Phi) is 1.23. The first-order valence-electron chi connectivity index (χ1n) is 4.14. The van der Waals surface area contributed by atoms with Crippen LogP contribution in [0.3, 0.4) is 0 Å². The number of aromatic nitrogens is 2. The van der Waals surface area contributed by atoms with Crippen molar-refractivity contribution in [2.75, 3.05) is 0 Å². The Bertz CT molecular complexity index is 384. The van der Waals surface area contributed by atoms with Gasteiger partial charge in [0.05, 0.1) is 21.4 Å². The second kappa shape index (κ2) is 2.26. The summed E-state index contributed by atoms with van der Waals surface area (Å²) >= 11 is 1.82. The molecule has 2 heterocycles. The fraction of sp³-hybridized carbons (Fsp3) is 0.333.